The van der Waals surface area contributed by atoms with Gasteiger partial charge in [-0.2, -0.15) is 0 Å². The average Bonchev–Trinajstić information content (AvgIpc) is 2.77. The van der Waals surface area contributed by atoms with Crippen molar-refractivity contribution in [1.82, 2.24) is 5.32 Å². The Kier molecular flexibility index (Phi) is 7.47. The highest BCUT2D eigenvalue weighted by atomic mass is 16.6. The number of amides is 2. The van der Waals surface area contributed by atoms with Crippen LogP contribution >= 0.6 is 0 Å². The maximum Gasteiger partial charge on any atom is 0.270 e. The molecule has 1 aliphatic rings. The van der Waals surface area contributed by atoms with Crippen molar-refractivity contribution in [1.29, 1.82) is 0 Å². The van der Waals surface area contributed by atoms with Crippen LogP contribution in [0.5, 0.6) is 0 Å². The van der Waals surface area contributed by atoms with E-state index in [1.165, 1.54) is 29.2 Å². The molecule has 0 radical (unpaired) electrons. The Bertz CT molecular complexity index is 912. The quantitative estimate of drug-likeness (QED) is 0.338. The summed E-state index contributed by atoms with van der Waals surface area (Å²) >= 11 is 0. The molecular weight excluding hydrogens is 388 g/mol. The molecule has 3 N–H and O–H groups in total. The highest BCUT2D eigenvalue weighted by molar-refractivity contribution is 6.09. The van der Waals surface area contributed by atoms with E-state index < -0.39 is 10.8 Å². The van der Waals surface area contributed by atoms with E-state index in [-0.39, 0.29) is 17.2 Å². The van der Waals surface area contributed by atoms with Crippen LogP contribution in [-0.2, 0) is 4.74 Å². The summed E-state index contributed by atoms with van der Waals surface area (Å²) in [6, 6.07) is 12.1. The van der Waals surface area contributed by atoms with Crippen LogP contribution in [0.15, 0.2) is 48.5 Å². The number of nitrogens with one attached hydrogen (secondary N) is 3. The first-order valence-electron chi connectivity index (χ1n) is 9.89. The number of non-ortho nitro benzene ring substituents is 1. The van der Waals surface area contributed by atoms with Gasteiger partial charge in [0.15, 0.2) is 0 Å². The minimum atomic E-state index is -0.559. The lowest BCUT2D eigenvalue weighted by molar-refractivity contribution is -0.908. The molecular formula is C21H25N4O5+. The molecule has 0 bridgehead atoms. The van der Waals surface area contributed by atoms with Gasteiger partial charge in [0.1, 0.15) is 13.1 Å². The van der Waals surface area contributed by atoms with Crippen LogP contribution in [-0.4, -0.2) is 56.1 Å². The number of nitrogens with zero attached hydrogens (tertiary/aromatic N) is 1. The summed E-state index contributed by atoms with van der Waals surface area (Å²) in [6.07, 6.45) is 0.850. The van der Waals surface area contributed by atoms with Gasteiger partial charge >= 0.3 is 0 Å². The van der Waals surface area contributed by atoms with Crippen LogP contribution in [0.4, 0.5) is 11.4 Å². The average molecular weight is 413 g/mol. The smallest absolute Gasteiger partial charge is 0.270 e. The molecule has 1 saturated heterocycles. The van der Waals surface area contributed by atoms with E-state index in [0.717, 1.165) is 39.3 Å². The van der Waals surface area contributed by atoms with Gasteiger partial charge in [0.25, 0.3) is 17.5 Å². The lowest BCUT2D eigenvalue weighted by atomic mass is 10.1. The minimum Gasteiger partial charge on any atom is -0.370 e. The maximum absolute atomic E-state index is 12.6. The number of hydrogen-bond acceptors (Lipinski definition) is 5. The third-order valence-electron chi connectivity index (χ3n) is 4.93. The molecule has 0 spiro atoms. The zero-order valence-electron chi connectivity index (χ0n) is 16.6. The zero-order valence-corrected chi connectivity index (χ0v) is 16.6. The summed E-state index contributed by atoms with van der Waals surface area (Å²) in [5, 5.41) is 16.5. The summed E-state index contributed by atoms with van der Waals surface area (Å²) < 4.78 is 5.34. The van der Waals surface area contributed by atoms with E-state index in [0.29, 0.717) is 17.8 Å². The molecule has 0 atom stereocenters. The molecule has 0 saturated carbocycles. The molecule has 1 aliphatic heterocycles. The maximum atomic E-state index is 12.6. The van der Waals surface area contributed by atoms with E-state index in [1.807, 2.05) is 0 Å². The first-order valence-corrected chi connectivity index (χ1v) is 9.89. The Morgan fingerprint density at radius 2 is 1.83 bits per heavy atom. The van der Waals surface area contributed by atoms with Crippen molar-refractivity contribution in [2.24, 2.45) is 0 Å². The Morgan fingerprint density at radius 3 is 2.60 bits per heavy atom. The highest BCUT2D eigenvalue weighted by Crippen LogP contribution is 2.18. The fraction of sp³-hybridized carbons (Fsp3) is 0.333. The van der Waals surface area contributed by atoms with Gasteiger partial charge in [-0.25, -0.2) is 0 Å². The van der Waals surface area contributed by atoms with E-state index in [1.54, 1.807) is 24.3 Å². The van der Waals surface area contributed by atoms with Crippen LogP contribution in [0.2, 0.25) is 0 Å². The van der Waals surface area contributed by atoms with Gasteiger partial charge in [-0.3, -0.25) is 19.7 Å². The van der Waals surface area contributed by atoms with Gasteiger partial charge in [0.2, 0.25) is 0 Å². The number of para-hydroxylation sites is 1. The zero-order chi connectivity index (χ0) is 21.3. The first-order chi connectivity index (χ1) is 14.5. The molecule has 0 aromatic heterocycles. The largest absolute Gasteiger partial charge is 0.370 e. The highest BCUT2D eigenvalue weighted by Gasteiger charge is 2.17. The molecule has 2 amide bonds. The fourth-order valence-electron chi connectivity index (χ4n) is 3.29. The molecule has 2 aromatic rings. The van der Waals surface area contributed by atoms with E-state index in [2.05, 4.69) is 10.6 Å². The number of quaternary nitrogens is 1. The van der Waals surface area contributed by atoms with Crippen LogP contribution in [0.1, 0.15) is 27.1 Å². The van der Waals surface area contributed by atoms with Crippen LogP contribution in [0.3, 0.4) is 0 Å². The van der Waals surface area contributed by atoms with Gasteiger partial charge in [0, 0.05) is 30.7 Å². The molecule has 1 fully saturated rings. The molecule has 158 valence electrons. The number of ether oxygens (including phenoxy) is 1. The Labute approximate surface area is 174 Å². The number of rotatable bonds is 8. The second-order valence-electron chi connectivity index (χ2n) is 7.03. The van der Waals surface area contributed by atoms with Gasteiger partial charge in [-0.15, -0.1) is 0 Å². The molecule has 2 aromatic carbocycles. The number of carbonyl (C=O) groups is 2. The second kappa shape index (κ2) is 10.5. The van der Waals surface area contributed by atoms with Crippen LogP contribution < -0.4 is 15.5 Å². The predicted octanol–water partition coefficient (Wildman–Crippen LogP) is 0.882. The lowest BCUT2D eigenvalue weighted by Crippen LogP contribution is -3.14. The number of hydrogen-bond donors (Lipinski definition) is 3. The van der Waals surface area contributed by atoms with Gasteiger partial charge < -0.3 is 20.3 Å². The second-order valence-corrected chi connectivity index (χ2v) is 7.03. The Morgan fingerprint density at radius 1 is 1.07 bits per heavy atom. The Balaban J connectivity index is 1.58. The number of morpholine rings is 1. The van der Waals surface area contributed by atoms with Gasteiger partial charge in [0.05, 0.1) is 35.9 Å². The van der Waals surface area contributed by atoms with Gasteiger partial charge in [-0.05, 0) is 18.2 Å². The van der Waals surface area contributed by atoms with E-state index in [4.69, 9.17) is 4.74 Å². The monoisotopic (exact) mass is 413 g/mol. The molecule has 30 heavy (non-hydrogen) atoms. The first kappa shape index (κ1) is 21.4. The third kappa shape index (κ3) is 5.85. The minimum absolute atomic E-state index is 0.146. The molecule has 9 heteroatoms. The topological polar surface area (TPSA) is 115 Å². The van der Waals surface area contributed by atoms with Crippen molar-refractivity contribution in [2.45, 2.75) is 6.42 Å². The number of benzene rings is 2. The predicted molar refractivity (Wildman–Crippen MR) is 111 cm³/mol. The molecule has 0 unspecified atom stereocenters. The van der Waals surface area contributed by atoms with Crippen molar-refractivity contribution >= 4 is 23.2 Å². The standard InChI is InChI=1S/C21H24N4O5/c26-20(16-5-3-6-17(15-16)25(28)29)23-19-8-2-1-7-18(19)21(27)22-9-4-10-24-11-13-30-14-12-24/h1-3,5-8,15H,4,9-14H2,(H,22,27)(H,23,26)/p+1. The molecule has 3 rings (SSSR count). The summed E-state index contributed by atoms with van der Waals surface area (Å²) in [5.74, 6) is -0.795. The van der Waals surface area contributed by atoms with Crippen LogP contribution in [0.25, 0.3) is 0 Å². The summed E-state index contributed by atoms with van der Waals surface area (Å²) in [4.78, 5) is 37.0. The third-order valence-corrected chi connectivity index (χ3v) is 4.93. The van der Waals surface area contributed by atoms with Crippen molar-refractivity contribution in [2.75, 3.05) is 44.7 Å². The van der Waals surface area contributed by atoms with Crippen molar-refractivity contribution in [3.05, 3.63) is 69.8 Å². The molecule has 9 nitrogen and oxygen atoms in total. The van der Waals surface area contributed by atoms with Crippen molar-refractivity contribution in [3.63, 3.8) is 0 Å². The molecule has 0 aliphatic carbocycles. The number of carbonyl (C=O) groups excluding carboxylic acids is 2. The molecule has 1 heterocycles. The summed E-state index contributed by atoms with van der Waals surface area (Å²) in [7, 11) is 0. The fourth-order valence-corrected chi connectivity index (χ4v) is 3.29. The van der Waals surface area contributed by atoms with Gasteiger partial charge in [-0.1, -0.05) is 18.2 Å². The van der Waals surface area contributed by atoms with E-state index in [9.17, 15) is 19.7 Å². The number of anilines is 1. The summed E-state index contributed by atoms with van der Waals surface area (Å²) in [6.45, 7) is 5.03. The van der Waals surface area contributed by atoms with E-state index >= 15 is 0 Å². The number of nitro benzene ring substituents is 1. The Hall–Kier alpha value is -3.30. The number of nitro groups is 1. The SMILES string of the molecule is O=C(Nc1ccccc1C(=O)NCCC[NH+]1CCOCC1)c1cccc([N+](=O)[O-])c1. The van der Waals surface area contributed by atoms with Crippen molar-refractivity contribution in [3.8, 4) is 0 Å². The summed E-state index contributed by atoms with van der Waals surface area (Å²) in [5.41, 5.74) is 0.671. The van der Waals surface area contributed by atoms with Crippen LogP contribution in [0, 0.1) is 10.1 Å². The normalized spacial score (nSPS) is 14.1. The lowest BCUT2D eigenvalue weighted by Gasteiger charge is -2.23. The van der Waals surface area contributed by atoms with Crippen molar-refractivity contribution < 1.29 is 24.1 Å².